The van der Waals surface area contributed by atoms with Crippen LogP contribution in [0.2, 0.25) is 0 Å². The van der Waals surface area contributed by atoms with Gasteiger partial charge in [-0.25, -0.2) is 0 Å². The average Bonchev–Trinajstić information content (AvgIpc) is 2.59. The van der Waals surface area contributed by atoms with E-state index < -0.39 is 0 Å². The van der Waals surface area contributed by atoms with Crippen LogP contribution < -0.4 is 10.2 Å². The predicted molar refractivity (Wildman–Crippen MR) is 107 cm³/mol. The number of aromatic nitrogens is 3. The molecule has 0 aliphatic rings. The second-order valence-corrected chi connectivity index (χ2v) is 6.85. The third kappa shape index (κ3) is 4.57. The molecule has 134 valence electrons. The summed E-state index contributed by atoms with van der Waals surface area (Å²) in [5, 5.41) is 11.6. The van der Waals surface area contributed by atoms with E-state index in [0.717, 1.165) is 18.1 Å². The lowest BCUT2D eigenvalue weighted by molar-refractivity contribution is 0.668. The van der Waals surface area contributed by atoms with Crippen LogP contribution in [0.4, 0.5) is 17.5 Å². The highest BCUT2D eigenvalue weighted by atomic mass is 15.3. The van der Waals surface area contributed by atoms with E-state index in [4.69, 9.17) is 0 Å². The van der Waals surface area contributed by atoms with Crippen LogP contribution in [0.25, 0.3) is 0 Å². The Balaban J connectivity index is 1.84. The number of benzene rings is 2. The molecule has 26 heavy (non-hydrogen) atoms. The number of aryl methyl sites for hydroxylation is 2. The molecule has 3 aromatic rings. The van der Waals surface area contributed by atoms with Gasteiger partial charge in [0, 0.05) is 18.3 Å². The molecule has 5 nitrogen and oxygen atoms in total. The second-order valence-electron chi connectivity index (χ2n) is 6.85. The van der Waals surface area contributed by atoms with E-state index in [1.165, 1.54) is 16.7 Å². The van der Waals surface area contributed by atoms with Gasteiger partial charge in [0.1, 0.15) is 0 Å². The molecule has 0 amide bonds. The third-order valence-corrected chi connectivity index (χ3v) is 4.14. The van der Waals surface area contributed by atoms with Crippen molar-refractivity contribution in [3.8, 4) is 0 Å². The summed E-state index contributed by atoms with van der Waals surface area (Å²) in [5.74, 6) is 1.32. The maximum atomic E-state index is 4.69. The van der Waals surface area contributed by atoms with Crippen LogP contribution in [0.15, 0.2) is 54.7 Å². The zero-order valence-corrected chi connectivity index (χ0v) is 15.8. The molecular weight excluding hydrogens is 322 g/mol. The molecule has 0 atom stereocenters. The van der Waals surface area contributed by atoms with Gasteiger partial charge < -0.3 is 10.2 Å². The molecule has 3 rings (SSSR count). The van der Waals surface area contributed by atoms with Gasteiger partial charge in [0.15, 0.2) is 5.82 Å². The van der Waals surface area contributed by atoms with E-state index in [0.29, 0.717) is 12.0 Å². The van der Waals surface area contributed by atoms with E-state index in [9.17, 15) is 0 Å². The van der Waals surface area contributed by atoms with E-state index in [1.54, 1.807) is 6.20 Å². The average molecular weight is 347 g/mol. The Morgan fingerprint density at radius 1 is 1.00 bits per heavy atom. The lowest BCUT2D eigenvalue weighted by Gasteiger charge is -2.27. The number of nitrogens with zero attached hydrogens (tertiary/aromatic N) is 4. The second kappa shape index (κ2) is 7.95. The minimum absolute atomic E-state index is 0.293. The Kier molecular flexibility index (Phi) is 5.46. The minimum Gasteiger partial charge on any atom is -0.348 e. The van der Waals surface area contributed by atoms with Crippen molar-refractivity contribution in [1.82, 2.24) is 15.2 Å². The molecule has 0 saturated carbocycles. The van der Waals surface area contributed by atoms with Crippen molar-refractivity contribution < 1.29 is 0 Å². The predicted octanol–water partition coefficient (Wildman–Crippen LogP) is 4.65. The number of nitrogens with one attached hydrogen (secondary N) is 1. The summed E-state index contributed by atoms with van der Waals surface area (Å²) in [7, 11) is 0. The van der Waals surface area contributed by atoms with Crippen molar-refractivity contribution >= 4 is 17.5 Å². The van der Waals surface area contributed by atoms with Crippen LogP contribution in [0, 0.1) is 13.8 Å². The third-order valence-electron chi connectivity index (χ3n) is 4.14. The van der Waals surface area contributed by atoms with Crippen molar-refractivity contribution in [2.24, 2.45) is 0 Å². The Hall–Kier alpha value is -2.95. The summed E-state index contributed by atoms with van der Waals surface area (Å²) < 4.78 is 0. The number of hydrogen-bond donors (Lipinski definition) is 1. The maximum absolute atomic E-state index is 4.69. The molecule has 0 aliphatic heterocycles. The first-order valence-corrected chi connectivity index (χ1v) is 8.87. The van der Waals surface area contributed by atoms with Crippen molar-refractivity contribution in [3.05, 3.63) is 71.4 Å². The van der Waals surface area contributed by atoms with Gasteiger partial charge in [0.05, 0.1) is 6.20 Å². The standard InChI is InChI=1S/C21H25N5/c1-15(2)26(14-18-8-6-5-7-9-18)20-13-22-25-21(24-20)23-19-11-16(3)10-17(4)12-19/h5-13,15H,14H2,1-4H3,(H,23,24,25). The SMILES string of the molecule is Cc1cc(C)cc(Nc2nncc(N(Cc3ccccc3)C(C)C)n2)c1. The fraction of sp³-hybridized carbons (Fsp3) is 0.286. The first-order valence-electron chi connectivity index (χ1n) is 8.87. The summed E-state index contributed by atoms with van der Waals surface area (Å²) in [4.78, 5) is 6.91. The Labute approximate surface area is 155 Å². The zero-order valence-electron chi connectivity index (χ0n) is 15.8. The van der Waals surface area contributed by atoms with Crippen LogP contribution in [-0.2, 0) is 6.54 Å². The van der Waals surface area contributed by atoms with Crippen molar-refractivity contribution in [3.63, 3.8) is 0 Å². The van der Waals surface area contributed by atoms with Crippen LogP contribution in [0.1, 0.15) is 30.5 Å². The van der Waals surface area contributed by atoms with Crippen molar-refractivity contribution in [2.75, 3.05) is 10.2 Å². The molecule has 0 spiro atoms. The quantitative estimate of drug-likeness (QED) is 0.703. The molecule has 0 radical (unpaired) electrons. The highest BCUT2D eigenvalue weighted by Gasteiger charge is 2.14. The Bertz CT molecular complexity index is 841. The highest BCUT2D eigenvalue weighted by Crippen LogP contribution is 2.21. The van der Waals surface area contributed by atoms with E-state index in [1.807, 2.05) is 6.07 Å². The number of hydrogen-bond acceptors (Lipinski definition) is 5. The monoisotopic (exact) mass is 347 g/mol. The van der Waals surface area contributed by atoms with Gasteiger partial charge in [-0.3, -0.25) is 0 Å². The van der Waals surface area contributed by atoms with E-state index in [2.05, 4.69) is 95.6 Å². The van der Waals surface area contributed by atoms with E-state index >= 15 is 0 Å². The van der Waals surface area contributed by atoms with Crippen LogP contribution in [0.3, 0.4) is 0 Å². The number of anilines is 3. The molecule has 1 N–H and O–H groups in total. The maximum Gasteiger partial charge on any atom is 0.249 e. The van der Waals surface area contributed by atoms with Crippen LogP contribution >= 0.6 is 0 Å². The molecule has 0 unspecified atom stereocenters. The lowest BCUT2D eigenvalue weighted by Crippen LogP contribution is -2.31. The van der Waals surface area contributed by atoms with Crippen molar-refractivity contribution in [2.45, 2.75) is 40.3 Å². The van der Waals surface area contributed by atoms with E-state index in [-0.39, 0.29) is 0 Å². The minimum atomic E-state index is 0.293. The molecule has 5 heteroatoms. The summed E-state index contributed by atoms with van der Waals surface area (Å²) in [6, 6.07) is 17.0. The first kappa shape index (κ1) is 17.9. The van der Waals surface area contributed by atoms with Gasteiger partial charge in [0.2, 0.25) is 5.95 Å². The summed E-state index contributed by atoms with van der Waals surface area (Å²) in [6.45, 7) is 9.24. The fourth-order valence-corrected chi connectivity index (χ4v) is 2.97. The Morgan fingerprint density at radius 3 is 2.35 bits per heavy atom. The van der Waals surface area contributed by atoms with Gasteiger partial charge in [-0.05, 0) is 56.5 Å². The van der Waals surface area contributed by atoms with Crippen LogP contribution in [0.5, 0.6) is 0 Å². The smallest absolute Gasteiger partial charge is 0.249 e. The Morgan fingerprint density at radius 2 is 1.69 bits per heavy atom. The van der Waals surface area contributed by atoms with Gasteiger partial charge in [-0.2, -0.15) is 10.1 Å². The molecule has 1 aromatic heterocycles. The summed E-state index contributed by atoms with van der Waals surface area (Å²) in [5.41, 5.74) is 4.61. The van der Waals surface area contributed by atoms with Gasteiger partial charge in [-0.15, -0.1) is 5.10 Å². The topological polar surface area (TPSA) is 53.9 Å². The molecule has 0 saturated heterocycles. The lowest BCUT2D eigenvalue weighted by atomic mass is 10.1. The molecular formula is C21H25N5. The molecule has 1 heterocycles. The summed E-state index contributed by atoms with van der Waals surface area (Å²) in [6.07, 6.45) is 1.72. The largest absolute Gasteiger partial charge is 0.348 e. The molecule has 0 aliphatic carbocycles. The number of rotatable bonds is 6. The first-order chi connectivity index (χ1) is 12.5. The highest BCUT2D eigenvalue weighted by molar-refractivity contribution is 5.57. The van der Waals surface area contributed by atoms with Gasteiger partial charge in [0.25, 0.3) is 0 Å². The van der Waals surface area contributed by atoms with Crippen molar-refractivity contribution in [1.29, 1.82) is 0 Å². The van der Waals surface area contributed by atoms with Gasteiger partial charge >= 0.3 is 0 Å². The normalized spacial score (nSPS) is 10.8. The van der Waals surface area contributed by atoms with Gasteiger partial charge in [-0.1, -0.05) is 36.4 Å². The zero-order chi connectivity index (χ0) is 18.5. The molecule has 0 fully saturated rings. The van der Waals surface area contributed by atoms with Crippen LogP contribution in [-0.4, -0.2) is 21.2 Å². The molecule has 0 bridgehead atoms. The fourth-order valence-electron chi connectivity index (χ4n) is 2.97. The summed E-state index contributed by atoms with van der Waals surface area (Å²) >= 11 is 0. The molecule has 2 aromatic carbocycles.